The summed E-state index contributed by atoms with van der Waals surface area (Å²) in [6.07, 6.45) is -1.31. The zero-order valence-electron chi connectivity index (χ0n) is 10.7. The van der Waals surface area contributed by atoms with Crippen molar-refractivity contribution in [2.75, 3.05) is 0 Å². The van der Waals surface area contributed by atoms with Gasteiger partial charge in [0, 0.05) is 11.3 Å². The van der Waals surface area contributed by atoms with Crippen molar-refractivity contribution in [1.29, 1.82) is 0 Å². The Labute approximate surface area is 111 Å². The van der Waals surface area contributed by atoms with Gasteiger partial charge in [0.2, 0.25) is 0 Å². The predicted octanol–water partition coefficient (Wildman–Crippen LogP) is 2.38. The molecule has 1 saturated heterocycles. The third-order valence-corrected chi connectivity index (χ3v) is 3.14. The molecule has 0 amide bonds. The maximum Gasteiger partial charge on any atom is 0.155 e. The maximum absolute atomic E-state index is 9.52. The Bertz CT molecular complexity index is 448. The molecule has 6 heteroatoms. The van der Waals surface area contributed by atoms with E-state index in [1.807, 2.05) is 30.3 Å². The maximum atomic E-state index is 9.52. The van der Waals surface area contributed by atoms with Crippen LogP contribution in [0.25, 0.3) is 10.4 Å². The minimum absolute atomic E-state index is 0.258. The first-order valence-corrected chi connectivity index (χ1v) is 6.24. The summed E-state index contributed by atoms with van der Waals surface area (Å²) in [6.45, 7) is 2.23. The van der Waals surface area contributed by atoms with Gasteiger partial charge in [-0.3, -0.25) is 0 Å². The Hall–Kier alpha value is -1.59. The third-order valence-electron chi connectivity index (χ3n) is 3.14. The number of aliphatic hydroxyl groups is 1. The zero-order chi connectivity index (χ0) is 13.7. The Balaban J connectivity index is 2.01. The summed E-state index contributed by atoms with van der Waals surface area (Å²) in [6, 6.07) is 9.34. The van der Waals surface area contributed by atoms with E-state index in [2.05, 4.69) is 10.0 Å². The quantitative estimate of drug-likeness (QED) is 0.514. The Morgan fingerprint density at radius 2 is 2.21 bits per heavy atom. The molecule has 0 bridgehead atoms. The number of azide groups is 1. The van der Waals surface area contributed by atoms with Crippen LogP contribution in [-0.2, 0) is 16.1 Å². The van der Waals surface area contributed by atoms with Gasteiger partial charge in [0.15, 0.2) is 6.29 Å². The van der Waals surface area contributed by atoms with E-state index in [1.165, 1.54) is 0 Å². The van der Waals surface area contributed by atoms with Gasteiger partial charge in [-0.05, 0) is 18.0 Å². The summed E-state index contributed by atoms with van der Waals surface area (Å²) in [4.78, 5) is 2.81. The van der Waals surface area contributed by atoms with Gasteiger partial charge in [-0.1, -0.05) is 35.4 Å². The molecular formula is C13H17N3O3. The van der Waals surface area contributed by atoms with Crippen molar-refractivity contribution in [3.63, 3.8) is 0 Å². The number of hydrogen-bond donors (Lipinski definition) is 1. The monoisotopic (exact) mass is 263 g/mol. The van der Waals surface area contributed by atoms with E-state index in [9.17, 15) is 5.11 Å². The van der Waals surface area contributed by atoms with Gasteiger partial charge in [0.25, 0.3) is 0 Å². The molecule has 0 aromatic heterocycles. The standard InChI is InChI=1S/C13H17N3O3/c1-9-13(11(15-16-14)7-12(17)19-9)18-8-10-5-3-2-4-6-10/h2-6,9,11-13,17H,7-8H2,1H3/t9-,11+,12?,13-/m0/s1. The molecule has 1 aliphatic rings. The van der Waals surface area contributed by atoms with Gasteiger partial charge < -0.3 is 14.6 Å². The van der Waals surface area contributed by atoms with E-state index in [4.69, 9.17) is 15.0 Å². The number of aliphatic hydroxyl groups excluding tert-OH is 1. The summed E-state index contributed by atoms with van der Waals surface area (Å²) in [5.74, 6) is 0. The highest BCUT2D eigenvalue weighted by molar-refractivity contribution is 5.13. The fourth-order valence-electron chi connectivity index (χ4n) is 2.23. The van der Waals surface area contributed by atoms with Crippen molar-refractivity contribution in [1.82, 2.24) is 0 Å². The molecule has 2 rings (SSSR count). The van der Waals surface area contributed by atoms with Crippen LogP contribution < -0.4 is 0 Å². The summed E-state index contributed by atoms with van der Waals surface area (Å²) in [5, 5.41) is 13.2. The van der Waals surface area contributed by atoms with Crippen molar-refractivity contribution in [3.05, 3.63) is 46.3 Å². The van der Waals surface area contributed by atoms with Crippen molar-refractivity contribution in [2.45, 2.75) is 44.5 Å². The van der Waals surface area contributed by atoms with Crippen LogP contribution in [0.15, 0.2) is 35.4 Å². The molecule has 1 heterocycles. The fourth-order valence-corrected chi connectivity index (χ4v) is 2.23. The molecule has 1 aromatic carbocycles. The fraction of sp³-hybridized carbons (Fsp3) is 0.538. The lowest BCUT2D eigenvalue weighted by molar-refractivity contribution is -0.211. The van der Waals surface area contributed by atoms with Crippen LogP contribution in [-0.4, -0.2) is 29.6 Å². The lowest BCUT2D eigenvalue weighted by atomic mass is 10.0. The zero-order valence-corrected chi connectivity index (χ0v) is 10.7. The molecule has 19 heavy (non-hydrogen) atoms. The van der Waals surface area contributed by atoms with Crippen LogP contribution in [0.1, 0.15) is 18.9 Å². The number of benzene rings is 1. The van der Waals surface area contributed by atoms with E-state index in [0.717, 1.165) is 5.56 Å². The van der Waals surface area contributed by atoms with Gasteiger partial charge in [0.1, 0.15) is 0 Å². The number of ether oxygens (including phenoxy) is 2. The molecule has 1 fully saturated rings. The number of nitrogens with zero attached hydrogens (tertiary/aromatic N) is 3. The first kappa shape index (κ1) is 13.8. The highest BCUT2D eigenvalue weighted by Gasteiger charge is 2.36. The van der Waals surface area contributed by atoms with Crippen LogP contribution in [0.5, 0.6) is 0 Å². The van der Waals surface area contributed by atoms with Crippen molar-refractivity contribution < 1.29 is 14.6 Å². The highest BCUT2D eigenvalue weighted by Crippen LogP contribution is 2.25. The van der Waals surface area contributed by atoms with Gasteiger partial charge in [-0.25, -0.2) is 0 Å². The molecule has 6 nitrogen and oxygen atoms in total. The molecule has 0 spiro atoms. The molecule has 4 atom stereocenters. The van der Waals surface area contributed by atoms with E-state index >= 15 is 0 Å². The Kier molecular flexibility index (Phi) is 4.76. The minimum atomic E-state index is -0.901. The molecule has 1 N–H and O–H groups in total. The van der Waals surface area contributed by atoms with Gasteiger partial charge in [0.05, 0.1) is 24.9 Å². The second-order valence-electron chi connectivity index (χ2n) is 4.57. The number of rotatable bonds is 4. The first-order chi connectivity index (χ1) is 9.20. The normalized spacial score (nSPS) is 30.6. The Morgan fingerprint density at radius 1 is 1.47 bits per heavy atom. The number of hydrogen-bond acceptors (Lipinski definition) is 4. The molecule has 0 radical (unpaired) electrons. The average Bonchev–Trinajstić information content (AvgIpc) is 2.39. The first-order valence-electron chi connectivity index (χ1n) is 6.24. The van der Waals surface area contributed by atoms with Gasteiger partial charge in [-0.15, -0.1) is 0 Å². The minimum Gasteiger partial charge on any atom is -0.370 e. The molecular weight excluding hydrogens is 246 g/mol. The SMILES string of the molecule is C[C@@H]1OC(O)C[C@@H](N=[N+]=[N-])[C@H]1OCc1ccccc1. The highest BCUT2D eigenvalue weighted by atomic mass is 16.6. The van der Waals surface area contributed by atoms with E-state index in [-0.39, 0.29) is 18.6 Å². The Morgan fingerprint density at radius 3 is 2.89 bits per heavy atom. The van der Waals surface area contributed by atoms with E-state index < -0.39 is 12.3 Å². The predicted molar refractivity (Wildman–Crippen MR) is 69.1 cm³/mol. The van der Waals surface area contributed by atoms with Crippen LogP contribution in [0.4, 0.5) is 0 Å². The van der Waals surface area contributed by atoms with Gasteiger partial charge in [-0.2, -0.15) is 0 Å². The average molecular weight is 263 g/mol. The van der Waals surface area contributed by atoms with Crippen molar-refractivity contribution in [2.24, 2.45) is 5.11 Å². The molecule has 0 saturated carbocycles. The molecule has 102 valence electrons. The third kappa shape index (κ3) is 3.68. The second-order valence-corrected chi connectivity index (χ2v) is 4.57. The van der Waals surface area contributed by atoms with E-state index in [0.29, 0.717) is 6.61 Å². The van der Waals surface area contributed by atoms with Gasteiger partial charge >= 0.3 is 0 Å². The largest absolute Gasteiger partial charge is 0.370 e. The van der Waals surface area contributed by atoms with Crippen molar-refractivity contribution in [3.8, 4) is 0 Å². The molecule has 1 aliphatic heterocycles. The van der Waals surface area contributed by atoms with Crippen molar-refractivity contribution >= 4 is 0 Å². The molecule has 1 unspecified atom stereocenters. The smallest absolute Gasteiger partial charge is 0.155 e. The molecule has 0 aliphatic carbocycles. The van der Waals surface area contributed by atoms with Crippen LogP contribution in [0.3, 0.4) is 0 Å². The van der Waals surface area contributed by atoms with E-state index in [1.54, 1.807) is 6.92 Å². The summed E-state index contributed by atoms with van der Waals surface area (Å²) in [7, 11) is 0. The second kappa shape index (κ2) is 6.54. The van der Waals surface area contributed by atoms with Crippen LogP contribution in [0.2, 0.25) is 0 Å². The summed E-state index contributed by atoms with van der Waals surface area (Å²) in [5.41, 5.74) is 9.62. The summed E-state index contributed by atoms with van der Waals surface area (Å²) < 4.78 is 11.1. The lowest BCUT2D eigenvalue weighted by Gasteiger charge is -2.36. The van der Waals surface area contributed by atoms with Crippen LogP contribution in [0, 0.1) is 0 Å². The lowest BCUT2D eigenvalue weighted by Crippen LogP contribution is -2.47. The summed E-state index contributed by atoms with van der Waals surface area (Å²) >= 11 is 0. The van der Waals surface area contributed by atoms with Crippen LogP contribution >= 0.6 is 0 Å². The molecule has 1 aromatic rings. The topological polar surface area (TPSA) is 87.5 Å².